The first kappa shape index (κ1) is 17.4. The van der Waals surface area contributed by atoms with Gasteiger partial charge in [-0.15, -0.1) is 0 Å². The maximum atomic E-state index is 12.2. The summed E-state index contributed by atoms with van der Waals surface area (Å²) in [6.07, 6.45) is 0. The summed E-state index contributed by atoms with van der Waals surface area (Å²) in [6, 6.07) is 7.89. The molecule has 0 aromatic heterocycles. The third-order valence-electron chi connectivity index (χ3n) is 3.77. The van der Waals surface area contributed by atoms with Crippen LogP contribution in [0.3, 0.4) is 0 Å². The molecule has 2 rings (SSSR count). The van der Waals surface area contributed by atoms with Crippen molar-refractivity contribution in [2.45, 2.75) is 6.04 Å². The van der Waals surface area contributed by atoms with Crippen molar-refractivity contribution in [3.05, 3.63) is 35.4 Å². The molecule has 1 aliphatic heterocycles. The molecule has 1 amide bonds. The molecule has 1 N–H and O–H groups in total. The monoisotopic (exact) mass is 337 g/mol. The second kappa shape index (κ2) is 7.08. The van der Waals surface area contributed by atoms with Crippen molar-refractivity contribution in [1.29, 1.82) is 5.26 Å². The average molecular weight is 337 g/mol. The summed E-state index contributed by atoms with van der Waals surface area (Å²) in [4.78, 5) is 12.2. The Labute approximate surface area is 135 Å². The number of nitrogens with one attached hydrogen (secondary N) is 1. The summed E-state index contributed by atoms with van der Waals surface area (Å²) in [7, 11) is -0.395. The van der Waals surface area contributed by atoms with E-state index in [4.69, 9.17) is 10.00 Å². The molecule has 7 nitrogen and oxygen atoms in total. The van der Waals surface area contributed by atoms with Crippen LogP contribution >= 0.6 is 0 Å². The Morgan fingerprint density at radius 3 is 2.57 bits per heavy atom. The van der Waals surface area contributed by atoms with E-state index in [0.717, 1.165) is 0 Å². The lowest BCUT2D eigenvalue weighted by molar-refractivity contribution is 0.0926. The predicted molar refractivity (Wildman–Crippen MR) is 84.2 cm³/mol. The van der Waals surface area contributed by atoms with E-state index in [1.54, 1.807) is 24.3 Å². The highest BCUT2D eigenvalue weighted by molar-refractivity contribution is 7.89. The van der Waals surface area contributed by atoms with E-state index in [2.05, 4.69) is 5.32 Å². The van der Waals surface area contributed by atoms with Crippen LogP contribution in [0.1, 0.15) is 15.9 Å². The van der Waals surface area contributed by atoms with Gasteiger partial charge in [0.05, 0.1) is 36.6 Å². The number of sulfonamides is 1. The highest BCUT2D eigenvalue weighted by Gasteiger charge is 2.34. The largest absolute Gasteiger partial charge is 0.379 e. The van der Waals surface area contributed by atoms with Gasteiger partial charge in [-0.1, -0.05) is 0 Å². The van der Waals surface area contributed by atoms with Crippen molar-refractivity contribution in [2.75, 3.05) is 33.1 Å². The summed E-state index contributed by atoms with van der Waals surface area (Å²) >= 11 is 0. The Morgan fingerprint density at radius 1 is 1.35 bits per heavy atom. The van der Waals surface area contributed by atoms with Crippen molar-refractivity contribution >= 4 is 15.9 Å². The fourth-order valence-corrected chi connectivity index (χ4v) is 3.46. The van der Waals surface area contributed by atoms with E-state index < -0.39 is 10.0 Å². The molecule has 1 saturated heterocycles. The first-order valence-electron chi connectivity index (χ1n) is 7.12. The quantitative estimate of drug-likeness (QED) is 0.827. The Hall–Kier alpha value is -1.95. The van der Waals surface area contributed by atoms with Gasteiger partial charge in [-0.3, -0.25) is 4.79 Å². The lowest BCUT2D eigenvalue weighted by atomic mass is 10.1. The first-order valence-corrected chi connectivity index (χ1v) is 8.73. The maximum Gasteiger partial charge on any atom is 0.251 e. The molecule has 0 spiro atoms. The van der Waals surface area contributed by atoms with Crippen LogP contribution in [0.4, 0.5) is 0 Å². The summed E-state index contributed by atoms with van der Waals surface area (Å²) in [6.45, 7) is 0.584. The summed E-state index contributed by atoms with van der Waals surface area (Å²) in [5.74, 6) is -0.667. The average Bonchev–Trinajstić information content (AvgIpc) is 2.93. The van der Waals surface area contributed by atoms with Gasteiger partial charge in [0.2, 0.25) is 10.0 Å². The van der Waals surface area contributed by atoms with Gasteiger partial charge in [0.15, 0.2) is 0 Å². The maximum absolute atomic E-state index is 12.2. The molecule has 1 aliphatic rings. The van der Waals surface area contributed by atoms with E-state index in [0.29, 0.717) is 17.7 Å². The van der Waals surface area contributed by atoms with Crippen molar-refractivity contribution in [3.8, 4) is 6.07 Å². The van der Waals surface area contributed by atoms with Crippen LogP contribution in [0, 0.1) is 17.2 Å². The zero-order valence-corrected chi connectivity index (χ0v) is 13.8. The van der Waals surface area contributed by atoms with Crippen molar-refractivity contribution in [3.63, 3.8) is 0 Å². The lowest BCUT2D eigenvalue weighted by Crippen LogP contribution is -2.43. The Morgan fingerprint density at radius 2 is 2.00 bits per heavy atom. The fourth-order valence-electron chi connectivity index (χ4n) is 2.29. The van der Waals surface area contributed by atoms with E-state index in [9.17, 15) is 13.2 Å². The van der Waals surface area contributed by atoms with Crippen molar-refractivity contribution in [1.82, 2.24) is 9.62 Å². The van der Waals surface area contributed by atoms with E-state index in [1.807, 2.05) is 6.07 Å². The standard InChI is InChI=1S/C15H19N3O4S/c1-18(2)23(20,21)10-13-8-22-9-14(13)17-15(19)12-5-3-11(7-16)4-6-12/h3-6,13-14H,8-10H2,1-2H3,(H,17,19). The molecular weight excluding hydrogens is 318 g/mol. The number of ether oxygens (including phenoxy) is 1. The molecule has 8 heteroatoms. The normalized spacial score (nSPS) is 21.1. The number of amides is 1. The Balaban J connectivity index is 2.03. The van der Waals surface area contributed by atoms with Gasteiger partial charge in [-0.2, -0.15) is 5.26 Å². The molecule has 1 heterocycles. The molecule has 0 radical (unpaired) electrons. The number of carbonyl (C=O) groups is 1. The highest BCUT2D eigenvalue weighted by Crippen LogP contribution is 2.18. The van der Waals surface area contributed by atoms with Gasteiger partial charge in [-0.25, -0.2) is 12.7 Å². The van der Waals surface area contributed by atoms with Crippen LogP contribution in [0.2, 0.25) is 0 Å². The fraction of sp³-hybridized carbons (Fsp3) is 0.467. The van der Waals surface area contributed by atoms with Gasteiger partial charge < -0.3 is 10.1 Å². The van der Waals surface area contributed by atoms with Crippen LogP contribution < -0.4 is 5.32 Å². The smallest absolute Gasteiger partial charge is 0.251 e. The van der Waals surface area contributed by atoms with Crippen LogP contribution in [-0.4, -0.2) is 57.7 Å². The molecule has 0 bridgehead atoms. The van der Waals surface area contributed by atoms with Crippen molar-refractivity contribution in [2.24, 2.45) is 5.92 Å². The van der Waals surface area contributed by atoms with Gasteiger partial charge in [0.25, 0.3) is 5.91 Å². The van der Waals surface area contributed by atoms with E-state index in [-0.39, 0.29) is 30.2 Å². The molecule has 0 saturated carbocycles. The number of nitriles is 1. The summed E-state index contributed by atoms with van der Waals surface area (Å²) in [5.41, 5.74) is 0.894. The van der Waals surface area contributed by atoms with E-state index >= 15 is 0 Å². The molecule has 1 aromatic rings. The summed E-state index contributed by atoms with van der Waals surface area (Å²) in [5, 5.41) is 11.6. The molecular formula is C15H19N3O4S. The van der Waals surface area contributed by atoms with Crippen LogP contribution in [0.15, 0.2) is 24.3 Å². The minimum Gasteiger partial charge on any atom is -0.379 e. The van der Waals surface area contributed by atoms with Crippen LogP contribution in [-0.2, 0) is 14.8 Å². The van der Waals surface area contributed by atoms with E-state index in [1.165, 1.54) is 18.4 Å². The van der Waals surface area contributed by atoms with Gasteiger partial charge >= 0.3 is 0 Å². The number of hydrogen-bond donors (Lipinski definition) is 1. The van der Waals surface area contributed by atoms with Gasteiger partial charge in [-0.05, 0) is 24.3 Å². The Kier molecular flexibility index (Phi) is 5.36. The number of hydrogen-bond acceptors (Lipinski definition) is 5. The Bertz CT molecular complexity index is 707. The zero-order chi connectivity index (χ0) is 17.0. The third kappa shape index (κ3) is 4.28. The minimum atomic E-state index is -3.36. The topological polar surface area (TPSA) is 99.5 Å². The minimum absolute atomic E-state index is 0.0711. The number of benzene rings is 1. The third-order valence-corrected chi connectivity index (χ3v) is 5.73. The number of carbonyl (C=O) groups excluding carboxylic acids is 1. The zero-order valence-electron chi connectivity index (χ0n) is 13.0. The van der Waals surface area contributed by atoms with Crippen LogP contribution in [0.5, 0.6) is 0 Å². The molecule has 1 aromatic carbocycles. The second-order valence-corrected chi connectivity index (χ2v) is 7.86. The number of nitrogens with zero attached hydrogens (tertiary/aromatic N) is 2. The van der Waals surface area contributed by atoms with Gasteiger partial charge in [0, 0.05) is 25.6 Å². The molecule has 23 heavy (non-hydrogen) atoms. The second-order valence-electron chi connectivity index (χ2n) is 5.63. The molecule has 2 atom stereocenters. The molecule has 124 valence electrons. The molecule has 0 aliphatic carbocycles. The van der Waals surface area contributed by atoms with Crippen LogP contribution in [0.25, 0.3) is 0 Å². The predicted octanol–water partition coefficient (Wildman–Crippen LogP) is 0.194. The van der Waals surface area contributed by atoms with Gasteiger partial charge in [0.1, 0.15) is 0 Å². The highest BCUT2D eigenvalue weighted by atomic mass is 32.2. The SMILES string of the molecule is CN(C)S(=O)(=O)CC1COCC1NC(=O)c1ccc(C#N)cc1. The summed E-state index contributed by atoms with van der Waals surface area (Å²) < 4.78 is 30.5. The number of rotatable bonds is 5. The first-order chi connectivity index (χ1) is 10.8. The molecule has 2 unspecified atom stereocenters. The lowest BCUT2D eigenvalue weighted by Gasteiger charge is -2.21. The molecule has 1 fully saturated rings. The van der Waals surface area contributed by atoms with Crippen molar-refractivity contribution < 1.29 is 17.9 Å².